The van der Waals surface area contributed by atoms with E-state index in [1.54, 1.807) is 18.4 Å². The average molecular weight is 418 g/mol. The number of methoxy groups -OCH3 is 1. The number of hydroxylamine groups is 2. The number of hydrogen-bond acceptors (Lipinski definition) is 4. The van der Waals surface area contributed by atoms with Crippen molar-refractivity contribution >= 4 is 8.07 Å². The molecule has 30 heavy (non-hydrogen) atoms. The molecule has 0 radical (unpaired) electrons. The third kappa shape index (κ3) is 6.70. The van der Waals surface area contributed by atoms with Crippen molar-refractivity contribution in [2.75, 3.05) is 7.11 Å². The highest BCUT2D eigenvalue weighted by Crippen LogP contribution is 2.19. The SMILES string of the molecule is COc1ccc(CON2C=CC=CC2=COc2ccc(C#C[Si](C)(C)C)cc2)cc1. The molecule has 154 valence electrons. The lowest BCUT2D eigenvalue weighted by atomic mass is 10.2. The van der Waals surface area contributed by atoms with Gasteiger partial charge in [-0.3, -0.25) is 4.84 Å². The van der Waals surface area contributed by atoms with Crippen LogP contribution in [-0.2, 0) is 11.4 Å². The molecular formula is C25H27NO3Si. The van der Waals surface area contributed by atoms with Gasteiger partial charge in [-0.15, -0.1) is 5.54 Å². The normalized spacial score (nSPS) is 14.4. The fraction of sp³-hybridized carbons (Fsp3) is 0.200. The van der Waals surface area contributed by atoms with E-state index >= 15 is 0 Å². The predicted octanol–water partition coefficient (Wildman–Crippen LogP) is 5.66. The Labute approximate surface area is 180 Å². The van der Waals surface area contributed by atoms with Crippen LogP contribution in [0.5, 0.6) is 11.5 Å². The number of benzene rings is 2. The smallest absolute Gasteiger partial charge is 0.129 e. The van der Waals surface area contributed by atoms with Gasteiger partial charge in [0.25, 0.3) is 0 Å². The molecule has 0 fully saturated rings. The van der Waals surface area contributed by atoms with Gasteiger partial charge in [-0.25, -0.2) is 5.06 Å². The summed E-state index contributed by atoms with van der Waals surface area (Å²) in [6.07, 6.45) is 9.32. The van der Waals surface area contributed by atoms with Crippen LogP contribution in [0.3, 0.4) is 0 Å². The Kier molecular flexibility index (Phi) is 7.18. The topological polar surface area (TPSA) is 30.9 Å². The lowest BCUT2D eigenvalue weighted by Crippen LogP contribution is -2.18. The molecule has 0 N–H and O–H groups in total. The quantitative estimate of drug-likeness (QED) is 0.345. The molecule has 1 aliphatic heterocycles. The molecule has 0 spiro atoms. The summed E-state index contributed by atoms with van der Waals surface area (Å²) in [5.74, 6) is 4.82. The summed E-state index contributed by atoms with van der Waals surface area (Å²) in [5, 5.41) is 1.69. The van der Waals surface area contributed by atoms with Crippen LogP contribution in [0.15, 0.2) is 84.9 Å². The second-order valence-electron chi connectivity index (χ2n) is 7.83. The van der Waals surface area contributed by atoms with Crippen molar-refractivity contribution in [3.63, 3.8) is 0 Å². The highest BCUT2D eigenvalue weighted by Gasteiger charge is 2.09. The maximum Gasteiger partial charge on any atom is 0.129 e. The van der Waals surface area contributed by atoms with E-state index in [0.717, 1.165) is 28.3 Å². The first kappa shape index (κ1) is 21.5. The Bertz CT molecular complexity index is 988. The largest absolute Gasteiger partial charge is 0.497 e. The molecule has 2 aromatic rings. The molecule has 0 aliphatic carbocycles. The molecule has 1 aliphatic rings. The van der Waals surface area contributed by atoms with Crippen LogP contribution in [0.1, 0.15) is 11.1 Å². The van der Waals surface area contributed by atoms with Crippen molar-refractivity contribution in [1.82, 2.24) is 5.06 Å². The molecule has 0 unspecified atom stereocenters. The van der Waals surface area contributed by atoms with Gasteiger partial charge in [0.1, 0.15) is 38.1 Å². The summed E-state index contributed by atoms with van der Waals surface area (Å²) < 4.78 is 11.0. The summed E-state index contributed by atoms with van der Waals surface area (Å²) >= 11 is 0. The maximum absolute atomic E-state index is 5.92. The van der Waals surface area contributed by atoms with E-state index in [2.05, 4.69) is 31.1 Å². The Hall–Kier alpha value is -3.20. The van der Waals surface area contributed by atoms with Crippen LogP contribution < -0.4 is 9.47 Å². The van der Waals surface area contributed by atoms with Gasteiger partial charge in [0.2, 0.25) is 0 Å². The van der Waals surface area contributed by atoms with Crippen LogP contribution in [0.2, 0.25) is 19.6 Å². The number of rotatable bonds is 6. The Balaban J connectivity index is 1.60. The van der Waals surface area contributed by atoms with Gasteiger partial charge in [0, 0.05) is 11.8 Å². The molecule has 1 heterocycles. The van der Waals surface area contributed by atoms with Gasteiger partial charge in [-0.05, 0) is 54.1 Å². The second-order valence-corrected chi connectivity index (χ2v) is 12.6. The molecule has 2 aromatic carbocycles. The van der Waals surface area contributed by atoms with E-state index in [1.165, 1.54) is 0 Å². The zero-order valence-corrected chi connectivity index (χ0v) is 18.9. The van der Waals surface area contributed by atoms with E-state index < -0.39 is 8.07 Å². The summed E-state index contributed by atoms with van der Waals surface area (Å²) in [7, 11) is 0.277. The van der Waals surface area contributed by atoms with Crippen LogP contribution >= 0.6 is 0 Å². The van der Waals surface area contributed by atoms with E-state index in [4.69, 9.17) is 14.3 Å². The van der Waals surface area contributed by atoms with E-state index in [9.17, 15) is 0 Å². The van der Waals surface area contributed by atoms with Gasteiger partial charge in [0.05, 0.1) is 7.11 Å². The van der Waals surface area contributed by atoms with Crippen molar-refractivity contribution < 1.29 is 14.3 Å². The first-order valence-corrected chi connectivity index (χ1v) is 13.3. The summed E-state index contributed by atoms with van der Waals surface area (Å²) in [5.41, 5.74) is 6.22. The van der Waals surface area contributed by atoms with E-state index in [-0.39, 0.29) is 0 Å². The third-order valence-electron chi connectivity index (χ3n) is 4.14. The Morgan fingerprint density at radius 3 is 2.30 bits per heavy atom. The molecule has 5 heteroatoms. The first-order chi connectivity index (χ1) is 14.4. The fourth-order valence-electron chi connectivity index (χ4n) is 2.52. The van der Waals surface area contributed by atoms with Gasteiger partial charge in [-0.1, -0.05) is 43.8 Å². The first-order valence-electron chi connectivity index (χ1n) is 9.83. The molecule has 3 rings (SSSR count). The minimum atomic E-state index is -1.38. The minimum Gasteiger partial charge on any atom is -0.497 e. The van der Waals surface area contributed by atoms with Crippen LogP contribution in [-0.4, -0.2) is 20.2 Å². The lowest BCUT2D eigenvalue weighted by Gasteiger charge is -2.22. The number of allylic oxidation sites excluding steroid dienone is 3. The van der Waals surface area contributed by atoms with Crippen molar-refractivity contribution in [2.24, 2.45) is 0 Å². The van der Waals surface area contributed by atoms with E-state index in [0.29, 0.717) is 6.61 Å². The molecule has 0 saturated heterocycles. The zero-order chi connectivity index (χ0) is 21.4. The summed E-state index contributed by atoms with van der Waals surface area (Å²) in [6, 6.07) is 15.6. The molecule has 0 saturated carbocycles. The molecular weight excluding hydrogens is 390 g/mol. The standard InChI is InChI=1S/C25H27NO3Si/c1-27-24-12-10-22(11-13-24)19-29-26-17-6-5-7-23(26)20-28-25-14-8-21(9-15-25)16-18-30(2,3)4/h5-15,17,20H,19H2,1-4H3. The Morgan fingerprint density at radius 2 is 1.63 bits per heavy atom. The fourth-order valence-corrected chi connectivity index (χ4v) is 3.04. The summed E-state index contributed by atoms with van der Waals surface area (Å²) in [6.45, 7) is 7.14. The summed E-state index contributed by atoms with van der Waals surface area (Å²) in [4.78, 5) is 5.92. The number of ether oxygens (including phenoxy) is 2. The Morgan fingerprint density at radius 1 is 0.933 bits per heavy atom. The molecule has 0 bridgehead atoms. The lowest BCUT2D eigenvalue weighted by molar-refractivity contribution is -0.103. The van der Waals surface area contributed by atoms with Crippen molar-refractivity contribution in [3.8, 4) is 23.0 Å². The third-order valence-corrected chi connectivity index (χ3v) is 5.01. The highest BCUT2D eigenvalue weighted by molar-refractivity contribution is 6.83. The van der Waals surface area contributed by atoms with Gasteiger partial charge < -0.3 is 9.47 Å². The van der Waals surface area contributed by atoms with Crippen LogP contribution in [0, 0.1) is 11.5 Å². The molecule has 0 amide bonds. The zero-order valence-electron chi connectivity index (χ0n) is 17.9. The maximum atomic E-state index is 5.92. The van der Waals surface area contributed by atoms with Gasteiger partial charge in [0.15, 0.2) is 0 Å². The second kappa shape index (κ2) is 10.0. The molecule has 4 nitrogen and oxygen atoms in total. The molecule has 0 aromatic heterocycles. The number of nitrogens with zero attached hydrogens (tertiary/aromatic N) is 1. The van der Waals surface area contributed by atoms with Crippen LogP contribution in [0.4, 0.5) is 0 Å². The van der Waals surface area contributed by atoms with Crippen molar-refractivity contribution in [1.29, 1.82) is 0 Å². The van der Waals surface area contributed by atoms with Gasteiger partial charge >= 0.3 is 0 Å². The van der Waals surface area contributed by atoms with E-state index in [1.807, 2.05) is 73.0 Å². The van der Waals surface area contributed by atoms with Crippen LogP contribution in [0.25, 0.3) is 0 Å². The highest BCUT2D eigenvalue weighted by atomic mass is 28.3. The minimum absolute atomic E-state index is 0.434. The average Bonchev–Trinajstić information content (AvgIpc) is 2.76. The van der Waals surface area contributed by atoms with Crippen molar-refractivity contribution in [2.45, 2.75) is 26.2 Å². The molecule has 0 atom stereocenters. The predicted molar refractivity (Wildman–Crippen MR) is 123 cm³/mol. The van der Waals surface area contributed by atoms with Gasteiger partial charge in [-0.2, -0.15) is 0 Å². The monoisotopic (exact) mass is 417 g/mol. The van der Waals surface area contributed by atoms with Crippen molar-refractivity contribution in [3.05, 3.63) is 96.0 Å². The number of hydrogen-bond donors (Lipinski definition) is 0.